The van der Waals surface area contributed by atoms with Crippen molar-refractivity contribution in [3.05, 3.63) is 101 Å². The molecule has 2 aliphatic heterocycles. The number of β-amino-alcohol motifs (C(OH)–C–C–N with tert-alkyl or cyclic N) is 1. The van der Waals surface area contributed by atoms with E-state index in [1.807, 2.05) is 113 Å². The number of fused-ring (bicyclic) bond motifs is 2. The highest BCUT2D eigenvalue weighted by molar-refractivity contribution is 7.13. The number of carbonyl (C=O) groups excluding carboxylic acids is 4. The van der Waals surface area contributed by atoms with Gasteiger partial charge < -0.3 is 41.1 Å². The van der Waals surface area contributed by atoms with Gasteiger partial charge in [0.1, 0.15) is 17.8 Å². The molecule has 15 nitrogen and oxygen atoms in total. The number of para-hydroxylation sites is 1. The van der Waals surface area contributed by atoms with E-state index >= 15 is 0 Å². The van der Waals surface area contributed by atoms with Crippen molar-refractivity contribution in [2.45, 2.75) is 142 Å². The van der Waals surface area contributed by atoms with Crippen LogP contribution < -0.4 is 31.1 Å². The van der Waals surface area contributed by atoms with E-state index < -0.39 is 23.6 Å². The number of aliphatic hydroxyl groups is 1. The Morgan fingerprint density at radius 2 is 1.55 bits per heavy atom. The van der Waals surface area contributed by atoms with Gasteiger partial charge in [0.05, 0.1) is 45.7 Å². The van der Waals surface area contributed by atoms with Crippen LogP contribution in [0.2, 0.25) is 0 Å². The number of aliphatic hydroxyl groups excluding tert-OH is 1. The molecule has 0 radical (unpaired) electrons. The molecule has 1 aliphatic carbocycles. The monoisotopic (exact) mass is 983 g/mol. The number of nitrogens with one attached hydrogen (secondary N) is 4. The molecule has 4 heterocycles. The van der Waals surface area contributed by atoms with Gasteiger partial charge in [0.25, 0.3) is 5.91 Å². The van der Waals surface area contributed by atoms with Gasteiger partial charge in [-0.1, -0.05) is 95.7 Å². The zero-order valence-electron chi connectivity index (χ0n) is 42.0. The van der Waals surface area contributed by atoms with E-state index in [2.05, 4.69) is 36.1 Å². The number of rotatable bonds is 19. The van der Waals surface area contributed by atoms with Gasteiger partial charge in [-0.05, 0) is 92.5 Å². The molecule has 3 aliphatic rings. The number of hydrogen-bond donors (Lipinski definition) is 5. The third-order valence-corrected chi connectivity index (χ3v) is 15.1. The predicted octanol–water partition coefficient (Wildman–Crippen LogP) is 9.84. The Balaban J connectivity index is 0.743. The first kappa shape index (κ1) is 51.0. The first-order chi connectivity index (χ1) is 34.2. The summed E-state index contributed by atoms with van der Waals surface area (Å²) in [5, 5.41) is 23.6. The van der Waals surface area contributed by atoms with Crippen LogP contribution in [0.3, 0.4) is 0 Å². The Morgan fingerprint density at radius 1 is 0.859 bits per heavy atom. The molecule has 4 amide bonds. The van der Waals surface area contributed by atoms with Gasteiger partial charge in [-0.2, -0.15) is 4.98 Å². The zero-order valence-corrected chi connectivity index (χ0v) is 42.9. The summed E-state index contributed by atoms with van der Waals surface area (Å²) in [7, 11) is 1.79. The molecule has 0 spiro atoms. The van der Waals surface area contributed by atoms with Gasteiger partial charge in [-0.25, -0.2) is 9.97 Å². The van der Waals surface area contributed by atoms with E-state index in [0.717, 1.165) is 109 Å². The van der Waals surface area contributed by atoms with E-state index in [4.69, 9.17) is 4.98 Å². The highest BCUT2D eigenvalue weighted by Gasteiger charge is 2.45. The summed E-state index contributed by atoms with van der Waals surface area (Å²) < 4.78 is 0. The van der Waals surface area contributed by atoms with Crippen molar-refractivity contribution in [3.63, 3.8) is 0 Å². The normalized spacial score (nSPS) is 17.8. The molecular formula is C55H70N10O5S. The second-order valence-corrected chi connectivity index (χ2v) is 21.3. The number of anilines is 6. The highest BCUT2D eigenvalue weighted by atomic mass is 32.1. The Bertz CT molecular complexity index is 2640. The maximum Gasteiger partial charge on any atom is 0.260 e. The lowest BCUT2D eigenvalue weighted by molar-refractivity contribution is -0.144. The van der Waals surface area contributed by atoms with E-state index in [1.54, 1.807) is 29.5 Å². The first-order valence-corrected chi connectivity index (χ1v) is 26.3. The van der Waals surface area contributed by atoms with Crippen molar-refractivity contribution < 1.29 is 24.3 Å². The molecule has 2 aromatic heterocycles. The van der Waals surface area contributed by atoms with Crippen LogP contribution in [0, 0.1) is 12.3 Å². The predicted molar refractivity (Wildman–Crippen MR) is 282 cm³/mol. The van der Waals surface area contributed by atoms with Crippen LogP contribution in [-0.2, 0) is 14.4 Å². The van der Waals surface area contributed by atoms with E-state index in [-0.39, 0.29) is 48.7 Å². The van der Waals surface area contributed by atoms with Crippen LogP contribution in [0.4, 0.5) is 34.5 Å². The minimum absolute atomic E-state index is 0.0302. The van der Waals surface area contributed by atoms with E-state index in [9.17, 15) is 24.3 Å². The van der Waals surface area contributed by atoms with E-state index in [1.165, 1.54) is 4.90 Å². The SMILES string of the molecule is Cc1ncsc1-c1ccc([C@H](C)NC(=O)[C@@H]2C[C@@H](O)CN2C(=O)[C@@H](NC(=O)CCCCCCCCNc2ccc(Nc3ncc4c(n3)N(C3CCCC3)c3ccccc3C(=O)N4C)cc2)C(C)(C)C)cc1. The lowest BCUT2D eigenvalue weighted by atomic mass is 9.85. The van der Waals surface area contributed by atoms with Gasteiger partial charge >= 0.3 is 0 Å². The summed E-state index contributed by atoms with van der Waals surface area (Å²) in [4.78, 5) is 75.1. The molecule has 8 rings (SSSR count). The summed E-state index contributed by atoms with van der Waals surface area (Å²) in [6, 6.07) is 22.2. The summed E-state index contributed by atoms with van der Waals surface area (Å²) in [5.41, 5.74) is 8.31. The van der Waals surface area contributed by atoms with Crippen LogP contribution in [-0.4, -0.2) is 93.0 Å². The Morgan fingerprint density at radius 3 is 2.25 bits per heavy atom. The van der Waals surface area contributed by atoms with Crippen molar-refractivity contribution in [2.75, 3.05) is 40.6 Å². The fourth-order valence-corrected chi connectivity index (χ4v) is 10.9. The standard InChI is InChI=1S/C55H70N10O5S/c1-35(37-22-24-38(25-23-37)48-36(2)58-34-71-48)59-51(68)45-31-42(66)33-64(45)53(70)49(55(3,4)5)61-47(67)21-11-9-7-8-10-16-30-56-39-26-28-40(29-27-39)60-54-57-32-46-50(62-54)65(41-17-12-13-18-41)44-20-15-14-19-43(44)52(69)63(46)6/h14-15,19-20,22-29,32,34-35,41-42,45,49,56,66H,7-13,16-18,21,30-31,33H2,1-6H3,(H,59,68)(H,61,67)(H,57,60,62)/t35-,42+,45-,49+/m0/s1. The maximum atomic E-state index is 14.1. The van der Waals surface area contributed by atoms with Crippen molar-refractivity contribution >= 4 is 69.5 Å². The minimum atomic E-state index is -0.855. The second kappa shape index (κ2) is 22.8. The number of thiazole rings is 1. The molecule has 4 atom stereocenters. The smallest absolute Gasteiger partial charge is 0.260 e. The van der Waals surface area contributed by atoms with Crippen LogP contribution in [0.15, 0.2) is 84.5 Å². The summed E-state index contributed by atoms with van der Waals surface area (Å²) >= 11 is 1.59. The minimum Gasteiger partial charge on any atom is -0.391 e. The van der Waals surface area contributed by atoms with Crippen molar-refractivity contribution in [3.8, 4) is 10.4 Å². The lowest BCUT2D eigenvalue weighted by Gasteiger charge is -2.35. The molecule has 0 bridgehead atoms. The molecule has 376 valence electrons. The largest absolute Gasteiger partial charge is 0.391 e. The molecule has 16 heteroatoms. The van der Waals surface area contributed by atoms with Gasteiger partial charge in [-0.15, -0.1) is 11.3 Å². The number of hydrogen-bond acceptors (Lipinski definition) is 12. The fourth-order valence-electron chi connectivity index (χ4n) is 10.0. The number of benzene rings is 3. The van der Waals surface area contributed by atoms with Crippen LogP contribution in [0.1, 0.15) is 132 Å². The average Bonchev–Trinajstić information content (AvgIpc) is 4.14. The topological polar surface area (TPSA) is 185 Å². The molecule has 3 aromatic carbocycles. The number of likely N-dealkylation sites (tertiary alicyclic amines) is 1. The molecular weight excluding hydrogens is 913 g/mol. The van der Waals surface area contributed by atoms with Crippen molar-refractivity contribution in [1.29, 1.82) is 0 Å². The lowest BCUT2D eigenvalue weighted by Crippen LogP contribution is -2.57. The Kier molecular flexibility index (Phi) is 16.4. The quantitative estimate of drug-likeness (QED) is 0.0496. The highest BCUT2D eigenvalue weighted by Crippen LogP contribution is 2.43. The van der Waals surface area contributed by atoms with Gasteiger partial charge in [0.2, 0.25) is 23.7 Å². The maximum absolute atomic E-state index is 14.1. The molecule has 71 heavy (non-hydrogen) atoms. The van der Waals surface area contributed by atoms with Gasteiger partial charge in [0.15, 0.2) is 5.82 Å². The number of aryl methyl sites for hydroxylation is 1. The van der Waals surface area contributed by atoms with E-state index in [0.29, 0.717) is 30.0 Å². The molecule has 2 fully saturated rings. The van der Waals surface area contributed by atoms with Gasteiger partial charge in [-0.3, -0.25) is 19.2 Å². The first-order valence-electron chi connectivity index (χ1n) is 25.4. The molecule has 0 unspecified atom stereocenters. The fraction of sp³-hybridized carbons (Fsp3) is 0.473. The number of nitrogens with zero attached hydrogens (tertiary/aromatic N) is 6. The van der Waals surface area contributed by atoms with Crippen LogP contribution in [0.5, 0.6) is 0 Å². The third-order valence-electron chi connectivity index (χ3n) is 14.1. The van der Waals surface area contributed by atoms with Crippen molar-refractivity contribution in [1.82, 2.24) is 30.5 Å². The summed E-state index contributed by atoms with van der Waals surface area (Å²) in [5.74, 6) is 0.263. The Labute approximate surface area is 422 Å². The third kappa shape index (κ3) is 12.2. The van der Waals surface area contributed by atoms with Crippen LogP contribution >= 0.6 is 11.3 Å². The van der Waals surface area contributed by atoms with Crippen molar-refractivity contribution in [2.24, 2.45) is 5.41 Å². The number of carbonyl (C=O) groups is 4. The number of unbranched alkanes of at least 4 members (excludes halogenated alkanes) is 5. The number of amides is 4. The zero-order chi connectivity index (χ0) is 50.2. The van der Waals surface area contributed by atoms with Crippen LogP contribution in [0.25, 0.3) is 10.4 Å². The summed E-state index contributed by atoms with van der Waals surface area (Å²) in [6.07, 6.45) is 11.5. The average molecular weight is 983 g/mol. The molecule has 5 aromatic rings. The molecule has 1 saturated carbocycles. The Hall–Kier alpha value is -6.39. The summed E-state index contributed by atoms with van der Waals surface area (Å²) in [6.45, 7) is 10.5. The molecule has 5 N–H and O–H groups in total. The second-order valence-electron chi connectivity index (χ2n) is 20.5. The molecule has 1 saturated heterocycles. The van der Waals surface area contributed by atoms with Gasteiger partial charge in [0, 0.05) is 50.4 Å². The number of aromatic nitrogens is 3.